The number of ketones is 1. The second kappa shape index (κ2) is 2.61. The molecule has 1 aliphatic carbocycles. The van der Waals surface area contributed by atoms with E-state index >= 15 is 0 Å². The molecule has 58 valence electrons. The van der Waals surface area contributed by atoms with Crippen molar-refractivity contribution >= 4 is 11.5 Å². The molecule has 1 unspecified atom stereocenters. The third-order valence-electron chi connectivity index (χ3n) is 2.40. The standard InChI is InChI=1S/C9H11NO/c11-9-5-6-10-8-4-2-1-3-7(8)9/h5-7H,1-4H2. The number of fused-ring (bicyclic) bond motifs is 1. The minimum Gasteiger partial charge on any atom is -0.294 e. The summed E-state index contributed by atoms with van der Waals surface area (Å²) in [4.78, 5) is 15.5. The summed E-state index contributed by atoms with van der Waals surface area (Å²) in [6.07, 6.45) is 7.67. The van der Waals surface area contributed by atoms with E-state index in [0.29, 0.717) is 0 Å². The SMILES string of the molecule is O=C1C=CN=C2CCCCC12. The van der Waals surface area contributed by atoms with Crippen LogP contribution >= 0.6 is 0 Å². The Balaban J connectivity index is 2.25. The Morgan fingerprint density at radius 2 is 2.36 bits per heavy atom. The molecule has 1 fully saturated rings. The Hall–Kier alpha value is -0.920. The Morgan fingerprint density at radius 1 is 1.45 bits per heavy atom. The van der Waals surface area contributed by atoms with Gasteiger partial charge in [0.05, 0.1) is 5.92 Å². The molecule has 2 nitrogen and oxygen atoms in total. The molecule has 0 aromatic carbocycles. The van der Waals surface area contributed by atoms with Gasteiger partial charge in [-0.2, -0.15) is 0 Å². The minimum absolute atomic E-state index is 0.147. The lowest BCUT2D eigenvalue weighted by molar-refractivity contribution is -0.116. The van der Waals surface area contributed by atoms with E-state index in [-0.39, 0.29) is 11.7 Å². The minimum atomic E-state index is 0.147. The van der Waals surface area contributed by atoms with Crippen molar-refractivity contribution in [3.8, 4) is 0 Å². The Labute approximate surface area is 66.0 Å². The second-order valence-electron chi connectivity index (χ2n) is 3.14. The van der Waals surface area contributed by atoms with Crippen LogP contribution in [0.2, 0.25) is 0 Å². The van der Waals surface area contributed by atoms with Crippen LogP contribution in [0.5, 0.6) is 0 Å². The third-order valence-corrected chi connectivity index (χ3v) is 2.40. The molecule has 0 saturated heterocycles. The molecule has 0 radical (unpaired) electrons. The molecule has 0 spiro atoms. The summed E-state index contributed by atoms with van der Waals surface area (Å²) in [5.41, 5.74) is 1.11. The number of rotatable bonds is 0. The van der Waals surface area contributed by atoms with Gasteiger partial charge in [0, 0.05) is 18.0 Å². The Morgan fingerprint density at radius 3 is 3.18 bits per heavy atom. The fourth-order valence-corrected chi connectivity index (χ4v) is 1.78. The summed E-state index contributed by atoms with van der Waals surface area (Å²) in [6.45, 7) is 0. The highest BCUT2D eigenvalue weighted by Gasteiger charge is 2.26. The molecular formula is C9H11NO. The first-order valence-corrected chi connectivity index (χ1v) is 4.15. The van der Waals surface area contributed by atoms with E-state index in [2.05, 4.69) is 4.99 Å². The van der Waals surface area contributed by atoms with Crippen molar-refractivity contribution in [2.45, 2.75) is 25.7 Å². The van der Waals surface area contributed by atoms with Gasteiger partial charge in [-0.15, -0.1) is 0 Å². The predicted octanol–water partition coefficient (Wildman–Crippen LogP) is 1.71. The zero-order valence-electron chi connectivity index (χ0n) is 6.42. The fourth-order valence-electron chi connectivity index (χ4n) is 1.78. The van der Waals surface area contributed by atoms with Gasteiger partial charge >= 0.3 is 0 Å². The summed E-state index contributed by atoms with van der Waals surface area (Å²) < 4.78 is 0. The fraction of sp³-hybridized carbons (Fsp3) is 0.556. The Kier molecular flexibility index (Phi) is 1.60. The maximum absolute atomic E-state index is 11.3. The summed E-state index contributed by atoms with van der Waals surface area (Å²) in [6, 6.07) is 0. The van der Waals surface area contributed by atoms with Crippen molar-refractivity contribution in [1.82, 2.24) is 0 Å². The van der Waals surface area contributed by atoms with Gasteiger partial charge in [-0.1, -0.05) is 6.42 Å². The first kappa shape index (κ1) is 6.77. The second-order valence-corrected chi connectivity index (χ2v) is 3.14. The molecule has 1 saturated carbocycles. The molecular weight excluding hydrogens is 138 g/mol. The topological polar surface area (TPSA) is 29.4 Å². The van der Waals surface area contributed by atoms with Crippen LogP contribution in [0.1, 0.15) is 25.7 Å². The van der Waals surface area contributed by atoms with E-state index in [1.807, 2.05) is 0 Å². The molecule has 1 heterocycles. The molecule has 11 heavy (non-hydrogen) atoms. The van der Waals surface area contributed by atoms with Crippen molar-refractivity contribution in [2.75, 3.05) is 0 Å². The highest BCUT2D eigenvalue weighted by molar-refractivity contribution is 6.11. The average Bonchev–Trinajstić information content (AvgIpc) is 2.06. The molecule has 0 amide bonds. The summed E-state index contributed by atoms with van der Waals surface area (Å²) in [7, 11) is 0. The lowest BCUT2D eigenvalue weighted by atomic mass is 9.83. The van der Waals surface area contributed by atoms with Gasteiger partial charge in [-0.3, -0.25) is 9.79 Å². The van der Waals surface area contributed by atoms with E-state index in [0.717, 1.165) is 18.6 Å². The van der Waals surface area contributed by atoms with Gasteiger partial charge in [-0.25, -0.2) is 0 Å². The van der Waals surface area contributed by atoms with E-state index in [1.165, 1.54) is 12.8 Å². The van der Waals surface area contributed by atoms with E-state index < -0.39 is 0 Å². The summed E-state index contributed by atoms with van der Waals surface area (Å²) in [5.74, 6) is 0.406. The number of aliphatic imine (C=N–C) groups is 1. The molecule has 0 aromatic heterocycles. The number of nitrogens with zero attached hydrogens (tertiary/aromatic N) is 1. The highest BCUT2D eigenvalue weighted by Crippen LogP contribution is 2.25. The lowest BCUT2D eigenvalue weighted by Gasteiger charge is -2.23. The first-order valence-electron chi connectivity index (χ1n) is 4.15. The molecule has 0 N–H and O–H groups in total. The van der Waals surface area contributed by atoms with E-state index in [1.54, 1.807) is 12.3 Å². The van der Waals surface area contributed by atoms with Crippen LogP contribution in [0.25, 0.3) is 0 Å². The molecule has 0 aromatic rings. The number of allylic oxidation sites excluding steroid dienone is 1. The van der Waals surface area contributed by atoms with Crippen LogP contribution in [0, 0.1) is 5.92 Å². The van der Waals surface area contributed by atoms with Crippen molar-refractivity contribution in [3.63, 3.8) is 0 Å². The maximum Gasteiger partial charge on any atom is 0.165 e. The molecule has 0 bridgehead atoms. The molecule has 2 heteroatoms. The largest absolute Gasteiger partial charge is 0.294 e. The van der Waals surface area contributed by atoms with Crippen molar-refractivity contribution < 1.29 is 4.79 Å². The van der Waals surface area contributed by atoms with Gasteiger partial charge < -0.3 is 0 Å². The van der Waals surface area contributed by atoms with E-state index in [9.17, 15) is 4.79 Å². The maximum atomic E-state index is 11.3. The van der Waals surface area contributed by atoms with Gasteiger partial charge in [-0.05, 0) is 19.3 Å². The van der Waals surface area contributed by atoms with Gasteiger partial charge in [0.15, 0.2) is 5.78 Å². The molecule has 2 rings (SSSR count). The number of carbonyl (C=O) groups is 1. The summed E-state index contributed by atoms with van der Waals surface area (Å²) in [5, 5.41) is 0. The van der Waals surface area contributed by atoms with Crippen LogP contribution < -0.4 is 0 Å². The summed E-state index contributed by atoms with van der Waals surface area (Å²) >= 11 is 0. The molecule has 1 atom stereocenters. The van der Waals surface area contributed by atoms with Gasteiger partial charge in [0.25, 0.3) is 0 Å². The van der Waals surface area contributed by atoms with Crippen molar-refractivity contribution in [1.29, 1.82) is 0 Å². The zero-order chi connectivity index (χ0) is 7.68. The molecule has 2 aliphatic rings. The van der Waals surface area contributed by atoms with Crippen LogP contribution in [0.3, 0.4) is 0 Å². The van der Waals surface area contributed by atoms with Crippen LogP contribution in [0.4, 0.5) is 0 Å². The monoisotopic (exact) mass is 149 g/mol. The van der Waals surface area contributed by atoms with Crippen molar-refractivity contribution in [3.05, 3.63) is 12.3 Å². The normalized spacial score (nSPS) is 29.6. The van der Waals surface area contributed by atoms with Crippen LogP contribution in [0.15, 0.2) is 17.3 Å². The number of hydrogen-bond donors (Lipinski definition) is 0. The van der Waals surface area contributed by atoms with Crippen LogP contribution in [-0.2, 0) is 4.79 Å². The van der Waals surface area contributed by atoms with Crippen molar-refractivity contribution in [2.24, 2.45) is 10.9 Å². The molecule has 1 aliphatic heterocycles. The lowest BCUT2D eigenvalue weighted by Crippen LogP contribution is -2.27. The van der Waals surface area contributed by atoms with Gasteiger partial charge in [0.2, 0.25) is 0 Å². The number of carbonyl (C=O) groups excluding carboxylic acids is 1. The van der Waals surface area contributed by atoms with Gasteiger partial charge in [0.1, 0.15) is 0 Å². The average molecular weight is 149 g/mol. The first-order chi connectivity index (χ1) is 5.38. The quantitative estimate of drug-likeness (QED) is 0.515. The number of hydrogen-bond acceptors (Lipinski definition) is 2. The smallest absolute Gasteiger partial charge is 0.165 e. The van der Waals surface area contributed by atoms with E-state index in [4.69, 9.17) is 0 Å². The highest BCUT2D eigenvalue weighted by atomic mass is 16.1. The predicted molar refractivity (Wildman–Crippen MR) is 43.5 cm³/mol. The van der Waals surface area contributed by atoms with Crippen LogP contribution in [-0.4, -0.2) is 11.5 Å². The third kappa shape index (κ3) is 1.13. The Bertz CT molecular complexity index is 240. The zero-order valence-corrected chi connectivity index (χ0v) is 6.42.